The second kappa shape index (κ2) is 5.49. The zero-order chi connectivity index (χ0) is 9.84. The molecule has 1 nitrogen and oxygen atoms in total. The Morgan fingerprint density at radius 1 is 1.15 bits per heavy atom. The second-order valence-corrected chi connectivity index (χ2v) is 5.11. The molecule has 0 heterocycles. The van der Waals surface area contributed by atoms with Gasteiger partial charge in [0.05, 0.1) is 6.61 Å². The molecule has 0 amide bonds. The predicted octanol–water partition coefficient (Wildman–Crippen LogP) is 4.51. The Morgan fingerprint density at radius 2 is 1.69 bits per heavy atom. The SMILES string of the molecule is CCOCc1c(Br)cc(Br)cc1Br. The van der Waals surface area contributed by atoms with Crippen molar-refractivity contribution in [2.45, 2.75) is 13.5 Å². The van der Waals surface area contributed by atoms with Gasteiger partial charge in [0.15, 0.2) is 0 Å². The molecule has 0 aromatic heterocycles. The normalized spacial score (nSPS) is 10.5. The molecule has 0 saturated heterocycles. The molecular formula is C9H9Br3O. The Balaban J connectivity index is 2.92. The average Bonchev–Trinajstić information content (AvgIpc) is 2.02. The number of hydrogen-bond acceptors (Lipinski definition) is 1. The van der Waals surface area contributed by atoms with Gasteiger partial charge in [-0.2, -0.15) is 0 Å². The summed E-state index contributed by atoms with van der Waals surface area (Å²) < 4.78 is 8.51. The molecule has 13 heavy (non-hydrogen) atoms. The van der Waals surface area contributed by atoms with Crippen molar-refractivity contribution in [3.05, 3.63) is 31.1 Å². The van der Waals surface area contributed by atoms with Crippen molar-refractivity contribution in [3.63, 3.8) is 0 Å². The zero-order valence-electron chi connectivity index (χ0n) is 7.11. The fourth-order valence-corrected chi connectivity index (χ4v) is 3.40. The summed E-state index contributed by atoms with van der Waals surface area (Å²) in [5.41, 5.74) is 1.14. The van der Waals surface area contributed by atoms with Gasteiger partial charge >= 0.3 is 0 Å². The fraction of sp³-hybridized carbons (Fsp3) is 0.333. The summed E-state index contributed by atoms with van der Waals surface area (Å²) in [5, 5.41) is 0. The summed E-state index contributed by atoms with van der Waals surface area (Å²) >= 11 is 10.4. The van der Waals surface area contributed by atoms with Gasteiger partial charge in [0, 0.05) is 25.6 Å². The van der Waals surface area contributed by atoms with Crippen LogP contribution < -0.4 is 0 Å². The first kappa shape index (κ1) is 11.7. The van der Waals surface area contributed by atoms with Crippen LogP contribution in [0.5, 0.6) is 0 Å². The van der Waals surface area contributed by atoms with Crippen molar-refractivity contribution in [2.75, 3.05) is 6.61 Å². The van der Waals surface area contributed by atoms with Crippen molar-refractivity contribution < 1.29 is 4.74 Å². The summed E-state index contributed by atoms with van der Waals surface area (Å²) in [6, 6.07) is 4.03. The van der Waals surface area contributed by atoms with E-state index in [2.05, 4.69) is 47.8 Å². The van der Waals surface area contributed by atoms with Gasteiger partial charge in [-0.25, -0.2) is 0 Å². The molecule has 0 radical (unpaired) electrons. The van der Waals surface area contributed by atoms with Crippen LogP contribution in [0, 0.1) is 0 Å². The molecule has 1 aromatic rings. The van der Waals surface area contributed by atoms with Crippen LogP contribution in [0.25, 0.3) is 0 Å². The average molecular weight is 373 g/mol. The van der Waals surface area contributed by atoms with Crippen LogP contribution in [-0.4, -0.2) is 6.61 Å². The molecule has 0 N–H and O–H groups in total. The maximum atomic E-state index is 5.35. The van der Waals surface area contributed by atoms with Gasteiger partial charge in [-0.1, -0.05) is 47.8 Å². The zero-order valence-corrected chi connectivity index (χ0v) is 11.9. The molecule has 0 atom stereocenters. The Labute approximate surface area is 103 Å². The summed E-state index contributed by atoms with van der Waals surface area (Å²) in [7, 11) is 0. The van der Waals surface area contributed by atoms with Crippen molar-refractivity contribution in [1.29, 1.82) is 0 Å². The van der Waals surface area contributed by atoms with E-state index in [0.29, 0.717) is 6.61 Å². The van der Waals surface area contributed by atoms with Crippen molar-refractivity contribution in [3.8, 4) is 0 Å². The maximum Gasteiger partial charge on any atom is 0.0738 e. The number of benzene rings is 1. The Bertz CT molecular complexity index is 276. The van der Waals surface area contributed by atoms with Crippen LogP contribution in [0.2, 0.25) is 0 Å². The van der Waals surface area contributed by atoms with E-state index in [1.807, 2.05) is 19.1 Å². The molecule has 0 saturated carbocycles. The van der Waals surface area contributed by atoms with Gasteiger partial charge < -0.3 is 4.74 Å². The largest absolute Gasteiger partial charge is 0.377 e. The van der Waals surface area contributed by atoms with Crippen LogP contribution in [0.4, 0.5) is 0 Å². The van der Waals surface area contributed by atoms with E-state index in [-0.39, 0.29) is 0 Å². The maximum absolute atomic E-state index is 5.35. The van der Waals surface area contributed by atoms with Crippen LogP contribution in [0.1, 0.15) is 12.5 Å². The number of ether oxygens (including phenoxy) is 1. The minimum absolute atomic E-state index is 0.630. The first-order chi connectivity index (χ1) is 6.15. The molecule has 72 valence electrons. The van der Waals surface area contributed by atoms with E-state index in [1.165, 1.54) is 0 Å². The third kappa shape index (κ3) is 3.35. The number of halogens is 3. The third-order valence-corrected chi connectivity index (χ3v) is 3.43. The van der Waals surface area contributed by atoms with Gasteiger partial charge in [-0.3, -0.25) is 0 Å². The van der Waals surface area contributed by atoms with Gasteiger partial charge in [0.25, 0.3) is 0 Å². The lowest BCUT2D eigenvalue weighted by atomic mass is 10.2. The summed E-state index contributed by atoms with van der Waals surface area (Å²) in [4.78, 5) is 0. The molecule has 0 bridgehead atoms. The molecule has 1 aromatic carbocycles. The monoisotopic (exact) mass is 370 g/mol. The highest BCUT2D eigenvalue weighted by atomic mass is 79.9. The van der Waals surface area contributed by atoms with Gasteiger partial charge in [0.2, 0.25) is 0 Å². The second-order valence-electron chi connectivity index (χ2n) is 2.49. The Kier molecular flexibility index (Phi) is 4.94. The van der Waals surface area contributed by atoms with Crippen LogP contribution in [-0.2, 0) is 11.3 Å². The molecule has 0 aliphatic rings. The lowest BCUT2D eigenvalue weighted by Crippen LogP contribution is -1.94. The number of hydrogen-bond donors (Lipinski definition) is 0. The topological polar surface area (TPSA) is 9.23 Å². The first-order valence-electron chi connectivity index (χ1n) is 3.86. The predicted molar refractivity (Wildman–Crippen MR) is 64.9 cm³/mol. The van der Waals surface area contributed by atoms with Crippen LogP contribution in [0.15, 0.2) is 25.6 Å². The van der Waals surface area contributed by atoms with Gasteiger partial charge in [-0.15, -0.1) is 0 Å². The standard InChI is InChI=1S/C9H9Br3O/c1-2-13-5-7-8(11)3-6(10)4-9(7)12/h3-4H,2,5H2,1H3. The van der Waals surface area contributed by atoms with Crippen molar-refractivity contribution >= 4 is 47.8 Å². The molecule has 0 spiro atoms. The minimum atomic E-state index is 0.630. The van der Waals surface area contributed by atoms with Gasteiger partial charge in [-0.05, 0) is 19.1 Å². The van der Waals surface area contributed by atoms with E-state index >= 15 is 0 Å². The quantitative estimate of drug-likeness (QED) is 0.758. The highest BCUT2D eigenvalue weighted by Gasteiger charge is 2.06. The Hall–Kier alpha value is 0.620. The molecule has 0 fully saturated rings. The summed E-state index contributed by atoms with van der Waals surface area (Å²) in [6.45, 7) is 3.35. The minimum Gasteiger partial charge on any atom is -0.377 e. The summed E-state index contributed by atoms with van der Waals surface area (Å²) in [6.07, 6.45) is 0. The lowest BCUT2D eigenvalue weighted by molar-refractivity contribution is 0.133. The first-order valence-corrected chi connectivity index (χ1v) is 6.24. The third-order valence-electron chi connectivity index (χ3n) is 1.56. The van der Waals surface area contributed by atoms with Gasteiger partial charge in [0.1, 0.15) is 0 Å². The van der Waals surface area contributed by atoms with E-state index < -0.39 is 0 Å². The van der Waals surface area contributed by atoms with Crippen LogP contribution >= 0.6 is 47.8 Å². The van der Waals surface area contributed by atoms with Crippen LogP contribution in [0.3, 0.4) is 0 Å². The van der Waals surface area contributed by atoms with E-state index in [1.54, 1.807) is 0 Å². The molecular weight excluding hydrogens is 364 g/mol. The summed E-state index contributed by atoms with van der Waals surface area (Å²) in [5.74, 6) is 0. The fourth-order valence-electron chi connectivity index (χ4n) is 0.914. The van der Waals surface area contributed by atoms with E-state index in [4.69, 9.17) is 4.74 Å². The smallest absolute Gasteiger partial charge is 0.0738 e. The highest BCUT2D eigenvalue weighted by Crippen LogP contribution is 2.30. The molecule has 0 aliphatic carbocycles. The van der Waals surface area contributed by atoms with E-state index in [0.717, 1.165) is 25.6 Å². The molecule has 1 rings (SSSR count). The Morgan fingerprint density at radius 3 is 2.15 bits per heavy atom. The lowest BCUT2D eigenvalue weighted by Gasteiger charge is -2.07. The van der Waals surface area contributed by atoms with E-state index in [9.17, 15) is 0 Å². The molecule has 0 aliphatic heterocycles. The van der Waals surface area contributed by atoms with Crippen molar-refractivity contribution in [2.24, 2.45) is 0 Å². The van der Waals surface area contributed by atoms with Crippen molar-refractivity contribution in [1.82, 2.24) is 0 Å². The highest BCUT2D eigenvalue weighted by molar-refractivity contribution is 9.11. The molecule has 0 unspecified atom stereocenters. The molecule has 4 heteroatoms. The number of rotatable bonds is 3.